The molecule has 0 heterocycles. The quantitative estimate of drug-likeness (QED) is 0.382. The summed E-state index contributed by atoms with van der Waals surface area (Å²) in [4.78, 5) is 0. The summed E-state index contributed by atoms with van der Waals surface area (Å²) in [5, 5.41) is 8.79. The molecule has 0 aliphatic heterocycles. The van der Waals surface area contributed by atoms with E-state index in [9.17, 15) is 0 Å². The fraction of sp³-hybridized carbons (Fsp3) is 0.125. The van der Waals surface area contributed by atoms with E-state index >= 15 is 0 Å². The standard InChI is InChI=1S/C24H21N/c25-19-9-8-14-21-12-4-6-15-23(21)24-16-7-5-13-22(24)18-17-20-10-2-1-3-11-20/h1-7,10-13,15-18H,8-9,14H2. The minimum absolute atomic E-state index is 0.601. The monoisotopic (exact) mass is 323 g/mol. The van der Waals surface area contributed by atoms with E-state index in [1.807, 2.05) is 6.07 Å². The number of hydrogen-bond acceptors (Lipinski definition) is 1. The van der Waals surface area contributed by atoms with Crippen LogP contribution >= 0.6 is 0 Å². The lowest BCUT2D eigenvalue weighted by Gasteiger charge is -2.12. The summed E-state index contributed by atoms with van der Waals surface area (Å²) >= 11 is 0. The third-order valence-corrected chi connectivity index (χ3v) is 4.26. The zero-order chi connectivity index (χ0) is 17.3. The van der Waals surface area contributed by atoms with Gasteiger partial charge in [-0.15, -0.1) is 0 Å². The molecule has 0 saturated carbocycles. The fourth-order valence-corrected chi connectivity index (χ4v) is 3.00. The van der Waals surface area contributed by atoms with Crippen LogP contribution in [0.5, 0.6) is 0 Å². The van der Waals surface area contributed by atoms with E-state index in [0.717, 1.165) is 12.8 Å². The highest BCUT2D eigenvalue weighted by Gasteiger charge is 2.07. The number of hydrogen-bond donors (Lipinski definition) is 0. The molecule has 0 aliphatic rings. The molecule has 0 atom stereocenters. The van der Waals surface area contributed by atoms with Crippen molar-refractivity contribution in [1.29, 1.82) is 5.26 Å². The minimum Gasteiger partial charge on any atom is -0.198 e. The molecule has 0 bridgehead atoms. The molecule has 0 aromatic heterocycles. The molecule has 0 N–H and O–H groups in total. The Balaban J connectivity index is 1.94. The molecule has 0 radical (unpaired) electrons. The highest BCUT2D eigenvalue weighted by molar-refractivity contribution is 5.82. The first-order valence-electron chi connectivity index (χ1n) is 8.66. The smallest absolute Gasteiger partial charge is 0.0621 e. The Bertz CT molecular complexity index is 885. The molecule has 0 fully saturated rings. The second-order valence-electron chi connectivity index (χ2n) is 6.00. The molecule has 0 aliphatic carbocycles. The Morgan fingerprint density at radius 1 is 0.720 bits per heavy atom. The van der Waals surface area contributed by atoms with Crippen molar-refractivity contribution in [3.63, 3.8) is 0 Å². The summed E-state index contributed by atoms with van der Waals surface area (Å²) in [5.74, 6) is 0. The lowest BCUT2D eigenvalue weighted by atomic mass is 9.92. The largest absolute Gasteiger partial charge is 0.198 e. The molecule has 1 nitrogen and oxygen atoms in total. The molecule has 25 heavy (non-hydrogen) atoms. The Morgan fingerprint density at radius 3 is 2.20 bits per heavy atom. The van der Waals surface area contributed by atoms with E-state index in [0.29, 0.717) is 6.42 Å². The van der Waals surface area contributed by atoms with Gasteiger partial charge in [0, 0.05) is 6.42 Å². The van der Waals surface area contributed by atoms with Gasteiger partial charge in [0.15, 0.2) is 0 Å². The molecule has 1 heteroatoms. The SMILES string of the molecule is N#CCCCc1ccccc1-c1ccccc1C=Cc1ccccc1. The van der Waals surface area contributed by atoms with Crippen molar-refractivity contribution in [1.82, 2.24) is 0 Å². The van der Waals surface area contributed by atoms with E-state index < -0.39 is 0 Å². The summed E-state index contributed by atoms with van der Waals surface area (Å²) in [5.41, 5.74) is 6.20. The third-order valence-electron chi connectivity index (χ3n) is 4.26. The topological polar surface area (TPSA) is 23.8 Å². The maximum absolute atomic E-state index is 8.79. The van der Waals surface area contributed by atoms with Crippen LogP contribution in [0, 0.1) is 11.3 Å². The van der Waals surface area contributed by atoms with Crippen molar-refractivity contribution in [2.24, 2.45) is 0 Å². The maximum Gasteiger partial charge on any atom is 0.0621 e. The van der Waals surface area contributed by atoms with Gasteiger partial charge in [0.2, 0.25) is 0 Å². The Labute approximate surface area is 149 Å². The normalized spacial score (nSPS) is 10.7. The first-order valence-corrected chi connectivity index (χ1v) is 8.66. The molecule has 0 amide bonds. The van der Waals surface area contributed by atoms with Crippen LogP contribution in [0.3, 0.4) is 0 Å². The molecule has 0 unspecified atom stereocenters. The Morgan fingerprint density at radius 2 is 1.40 bits per heavy atom. The van der Waals surface area contributed by atoms with Gasteiger partial charge in [-0.3, -0.25) is 0 Å². The highest BCUT2D eigenvalue weighted by Crippen LogP contribution is 2.29. The van der Waals surface area contributed by atoms with Gasteiger partial charge in [-0.1, -0.05) is 91.0 Å². The van der Waals surface area contributed by atoms with Gasteiger partial charge in [-0.05, 0) is 40.7 Å². The van der Waals surface area contributed by atoms with E-state index in [1.54, 1.807) is 0 Å². The van der Waals surface area contributed by atoms with Gasteiger partial charge < -0.3 is 0 Å². The number of nitrogens with zero attached hydrogens (tertiary/aromatic N) is 1. The molecule has 122 valence electrons. The molecule has 3 aromatic rings. The van der Waals surface area contributed by atoms with Crippen LogP contribution < -0.4 is 0 Å². The van der Waals surface area contributed by atoms with Crippen LogP contribution in [-0.4, -0.2) is 0 Å². The number of nitriles is 1. The molecule has 3 aromatic carbocycles. The van der Waals surface area contributed by atoms with Crippen LogP contribution in [0.2, 0.25) is 0 Å². The zero-order valence-corrected chi connectivity index (χ0v) is 14.2. The van der Waals surface area contributed by atoms with Gasteiger partial charge in [0.05, 0.1) is 6.07 Å². The summed E-state index contributed by atoms with van der Waals surface area (Å²) in [6, 6.07) is 29.6. The summed E-state index contributed by atoms with van der Waals surface area (Å²) < 4.78 is 0. The van der Waals surface area contributed by atoms with Gasteiger partial charge >= 0.3 is 0 Å². The van der Waals surface area contributed by atoms with Gasteiger partial charge in [-0.2, -0.15) is 5.26 Å². The molecule has 3 rings (SSSR count). The van der Waals surface area contributed by atoms with Crippen molar-refractivity contribution >= 4 is 12.2 Å². The molecule has 0 saturated heterocycles. The van der Waals surface area contributed by atoms with Crippen molar-refractivity contribution in [2.45, 2.75) is 19.3 Å². The predicted molar refractivity (Wildman–Crippen MR) is 106 cm³/mol. The van der Waals surface area contributed by atoms with Crippen LogP contribution in [0.1, 0.15) is 29.5 Å². The maximum atomic E-state index is 8.79. The van der Waals surface area contributed by atoms with Crippen molar-refractivity contribution < 1.29 is 0 Å². The average Bonchev–Trinajstić information content (AvgIpc) is 2.68. The summed E-state index contributed by atoms with van der Waals surface area (Å²) in [6.45, 7) is 0. The van der Waals surface area contributed by atoms with Gasteiger partial charge in [0.25, 0.3) is 0 Å². The van der Waals surface area contributed by atoms with Crippen LogP contribution in [-0.2, 0) is 6.42 Å². The van der Waals surface area contributed by atoms with Gasteiger partial charge in [-0.25, -0.2) is 0 Å². The summed E-state index contributed by atoms with van der Waals surface area (Å²) in [6.07, 6.45) is 6.76. The number of unbranched alkanes of at least 4 members (excludes halogenated alkanes) is 1. The average molecular weight is 323 g/mol. The lowest BCUT2D eigenvalue weighted by molar-refractivity contribution is 0.852. The second-order valence-corrected chi connectivity index (χ2v) is 6.00. The molecule has 0 spiro atoms. The first kappa shape index (κ1) is 16.7. The molecular formula is C24H21N. The minimum atomic E-state index is 0.601. The third kappa shape index (κ3) is 4.46. The first-order chi connectivity index (χ1) is 12.4. The number of benzene rings is 3. The lowest BCUT2D eigenvalue weighted by Crippen LogP contribution is -1.92. The predicted octanol–water partition coefficient (Wildman–Crippen LogP) is 6.37. The number of aryl methyl sites for hydroxylation is 1. The van der Waals surface area contributed by atoms with Crippen molar-refractivity contribution in [3.05, 3.63) is 95.6 Å². The van der Waals surface area contributed by atoms with Crippen molar-refractivity contribution in [2.75, 3.05) is 0 Å². The summed E-state index contributed by atoms with van der Waals surface area (Å²) in [7, 11) is 0. The van der Waals surface area contributed by atoms with E-state index in [1.165, 1.54) is 27.8 Å². The van der Waals surface area contributed by atoms with Crippen molar-refractivity contribution in [3.8, 4) is 17.2 Å². The zero-order valence-electron chi connectivity index (χ0n) is 14.2. The second kappa shape index (κ2) is 8.66. The number of rotatable bonds is 6. The van der Waals surface area contributed by atoms with Crippen LogP contribution in [0.15, 0.2) is 78.9 Å². The van der Waals surface area contributed by atoms with Gasteiger partial charge in [0.1, 0.15) is 0 Å². The Kier molecular flexibility index (Phi) is 5.80. The van der Waals surface area contributed by atoms with Crippen LogP contribution in [0.4, 0.5) is 0 Å². The highest BCUT2D eigenvalue weighted by atomic mass is 14.2. The van der Waals surface area contributed by atoms with E-state index in [2.05, 4.69) is 91.0 Å². The molecular weight excluding hydrogens is 302 g/mol. The Hall–Kier alpha value is -3.11. The van der Waals surface area contributed by atoms with Crippen LogP contribution in [0.25, 0.3) is 23.3 Å². The fourth-order valence-electron chi connectivity index (χ4n) is 3.00. The van der Waals surface area contributed by atoms with E-state index in [-0.39, 0.29) is 0 Å². The van der Waals surface area contributed by atoms with E-state index in [4.69, 9.17) is 5.26 Å².